The molecule has 2 fully saturated rings. The van der Waals surface area contributed by atoms with Crippen molar-refractivity contribution < 1.29 is 4.79 Å². The molecule has 2 bridgehead atoms. The van der Waals surface area contributed by atoms with Gasteiger partial charge in [0.15, 0.2) is 0 Å². The van der Waals surface area contributed by atoms with Crippen LogP contribution in [0.15, 0.2) is 0 Å². The van der Waals surface area contributed by atoms with Crippen molar-refractivity contribution in [3.8, 4) is 0 Å². The molecule has 3 nitrogen and oxygen atoms in total. The first-order valence-electron chi connectivity index (χ1n) is 4.27. The van der Waals surface area contributed by atoms with Gasteiger partial charge in [-0.05, 0) is 19.7 Å². The lowest BCUT2D eigenvalue weighted by atomic mass is 10.2. The Labute approximate surface area is 77.1 Å². The van der Waals surface area contributed by atoms with E-state index in [1.807, 2.05) is 11.2 Å². The van der Waals surface area contributed by atoms with Gasteiger partial charge < -0.3 is 4.90 Å². The molecular weight excluding hydrogens is 172 g/mol. The fourth-order valence-electron chi connectivity index (χ4n) is 2.21. The molecule has 0 aliphatic carbocycles. The highest BCUT2D eigenvalue weighted by Crippen LogP contribution is 2.30. The first-order valence-corrected chi connectivity index (χ1v) is 5.49. The number of likely N-dealkylation sites (tertiary alicyclic amines) is 2. The van der Waals surface area contributed by atoms with Crippen molar-refractivity contribution >= 4 is 17.0 Å². The van der Waals surface area contributed by atoms with E-state index < -0.39 is 0 Å². The topological polar surface area (TPSA) is 23.6 Å². The van der Waals surface area contributed by atoms with E-state index in [4.69, 9.17) is 0 Å². The zero-order valence-electron chi connectivity index (χ0n) is 7.49. The fraction of sp³-hybridized carbons (Fsp3) is 0.875. The van der Waals surface area contributed by atoms with Crippen molar-refractivity contribution in [1.29, 1.82) is 0 Å². The highest BCUT2D eigenvalue weighted by atomic mass is 32.2. The minimum absolute atomic E-state index is 0.246. The number of carbonyl (C=O) groups excluding carboxylic acids is 1. The molecule has 0 aromatic carbocycles. The Balaban J connectivity index is 2.02. The van der Waals surface area contributed by atoms with Gasteiger partial charge in [-0.25, -0.2) is 0 Å². The lowest BCUT2D eigenvalue weighted by Gasteiger charge is -2.31. The van der Waals surface area contributed by atoms with E-state index in [2.05, 4.69) is 11.9 Å². The summed E-state index contributed by atoms with van der Waals surface area (Å²) in [4.78, 5) is 15.8. The number of nitrogens with zero attached hydrogens (tertiary/aromatic N) is 2. The Morgan fingerprint density at radius 3 is 2.58 bits per heavy atom. The second-order valence-corrected chi connectivity index (χ2v) is 4.36. The zero-order valence-corrected chi connectivity index (χ0v) is 8.30. The maximum Gasteiger partial charge on any atom is 0.281 e. The number of amides is 1. The third kappa shape index (κ3) is 1.13. The van der Waals surface area contributed by atoms with Gasteiger partial charge in [0.1, 0.15) is 0 Å². The second kappa shape index (κ2) is 2.92. The molecule has 68 valence electrons. The molecule has 1 amide bonds. The van der Waals surface area contributed by atoms with Crippen LogP contribution in [0.3, 0.4) is 0 Å². The number of fused-ring (bicyclic) bond motifs is 2. The maximum absolute atomic E-state index is 11.4. The van der Waals surface area contributed by atoms with Gasteiger partial charge in [-0.1, -0.05) is 11.8 Å². The average molecular weight is 186 g/mol. The molecule has 2 aliphatic heterocycles. The third-order valence-corrected chi connectivity index (χ3v) is 3.51. The molecule has 0 N–H and O–H groups in total. The summed E-state index contributed by atoms with van der Waals surface area (Å²) in [5.74, 6) is 0. The van der Waals surface area contributed by atoms with Crippen molar-refractivity contribution in [2.45, 2.75) is 18.5 Å². The quantitative estimate of drug-likeness (QED) is 0.560. The van der Waals surface area contributed by atoms with Crippen molar-refractivity contribution in [3.63, 3.8) is 0 Å². The predicted molar refractivity (Wildman–Crippen MR) is 50.4 cm³/mol. The van der Waals surface area contributed by atoms with Crippen molar-refractivity contribution in [1.82, 2.24) is 9.80 Å². The molecule has 12 heavy (non-hydrogen) atoms. The molecule has 2 saturated heterocycles. The molecule has 0 radical (unpaired) electrons. The molecule has 2 unspecified atom stereocenters. The highest BCUT2D eigenvalue weighted by Gasteiger charge is 2.43. The van der Waals surface area contributed by atoms with Gasteiger partial charge in [-0.3, -0.25) is 9.69 Å². The Hall–Kier alpha value is -0.220. The van der Waals surface area contributed by atoms with Crippen molar-refractivity contribution in [3.05, 3.63) is 0 Å². The lowest BCUT2D eigenvalue weighted by molar-refractivity contribution is 0.169. The molecule has 0 saturated carbocycles. The smallest absolute Gasteiger partial charge is 0.281 e. The summed E-state index contributed by atoms with van der Waals surface area (Å²) in [7, 11) is 2.14. The predicted octanol–water partition coefficient (Wildman–Crippen LogP) is 0.858. The summed E-state index contributed by atoms with van der Waals surface area (Å²) >= 11 is 1.33. The number of hydrogen-bond acceptors (Lipinski definition) is 3. The Morgan fingerprint density at radius 1 is 1.42 bits per heavy atom. The number of piperazine rings is 1. The Bertz CT molecular complexity index is 207. The van der Waals surface area contributed by atoms with E-state index in [1.165, 1.54) is 18.2 Å². The number of carbonyl (C=O) groups is 1. The SMILES string of the molecule is CSC(=O)N1CC2CC1CN2C. The summed E-state index contributed by atoms with van der Waals surface area (Å²) in [5, 5.41) is 0.246. The van der Waals surface area contributed by atoms with Gasteiger partial charge in [-0.2, -0.15) is 0 Å². The highest BCUT2D eigenvalue weighted by molar-refractivity contribution is 8.12. The first-order chi connectivity index (χ1) is 5.72. The zero-order chi connectivity index (χ0) is 8.72. The summed E-state index contributed by atoms with van der Waals surface area (Å²) in [6.45, 7) is 2.01. The minimum atomic E-state index is 0.246. The molecule has 2 atom stereocenters. The van der Waals surface area contributed by atoms with E-state index in [-0.39, 0.29) is 5.24 Å². The van der Waals surface area contributed by atoms with E-state index in [0.717, 1.165) is 13.1 Å². The molecule has 2 rings (SSSR count). The van der Waals surface area contributed by atoms with Crippen LogP contribution in [0.4, 0.5) is 4.79 Å². The third-order valence-electron chi connectivity index (χ3n) is 2.92. The van der Waals surface area contributed by atoms with Crippen LogP contribution < -0.4 is 0 Å². The average Bonchev–Trinajstić information content (AvgIpc) is 2.60. The summed E-state index contributed by atoms with van der Waals surface area (Å²) in [6.07, 6.45) is 3.04. The molecule has 0 aromatic rings. The van der Waals surface area contributed by atoms with Crippen molar-refractivity contribution in [2.24, 2.45) is 0 Å². The standard InChI is InChI=1S/C8H14N2OS/c1-9-4-7-3-6(9)5-10(7)8(11)12-2/h6-7H,3-5H2,1-2H3. The monoisotopic (exact) mass is 186 g/mol. The molecule has 2 heterocycles. The maximum atomic E-state index is 11.4. The van der Waals surface area contributed by atoms with Crippen LogP contribution in [-0.2, 0) is 0 Å². The van der Waals surface area contributed by atoms with E-state index >= 15 is 0 Å². The summed E-state index contributed by atoms with van der Waals surface area (Å²) < 4.78 is 0. The van der Waals surface area contributed by atoms with Crippen LogP contribution in [0.2, 0.25) is 0 Å². The largest absolute Gasteiger partial charge is 0.328 e. The number of hydrogen-bond donors (Lipinski definition) is 0. The van der Waals surface area contributed by atoms with E-state index in [1.54, 1.807) is 0 Å². The Morgan fingerprint density at radius 2 is 2.17 bits per heavy atom. The first kappa shape index (κ1) is 8.38. The van der Waals surface area contributed by atoms with E-state index in [0.29, 0.717) is 12.1 Å². The van der Waals surface area contributed by atoms with Crippen LogP contribution in [-0.4, -0.2) is 53.5 Å². The molecule has 0 spiro atoms. The number of thioether (sulfide) groups is 1. The van der Waals surface area contributed by atoms with Gasteiger partial charge in [0.25, 0.3) is 5.24 Å². The van der Waals surface area contributed by atoms with Gasteiger partial charge in [0.2, 0.25) is 0 Å². The minimum Gasteiger partial charge on any atom is -0.328 e. The number of rotatable bonds is 0. The van der Waals surface area contributed by atoms with Crippen LogP contribution in [0.1, 0.15) is 6.42 Å². The molecule has 0 aromatic heterocycles. The Kier molecular flexibility index (Phi) is 2.04. The fourth-order valence-corrected chi connectivity index (χ4v) is 2.66. The lowest BCUT2D eigenvalue weighted by Crippen LogP contribution is -2.45. The van der Waals surface area contributed by atoms with Gasteiger partial charge in [-0.15, -0.1) is 0 Å². The summed E-state index contributed by atoms with van der Waals surface area (Å²) in [6, 6.07) is 1.13. The number of likely N-dealkylation sites (N-methyl/N-ethyl adjacent to an activating group) is 1. The molecular formula is C8H14N2OS. The normalized spacial score (nSPS) is 34.7. The van der Waals surface area contributed by atoms with Crippen LogP contribution in [0.25, 0.3) is 0 Å². The second-order valence-electron chi connectivity index (χ2n) is 3.61. The van der Waals surface area contributed by atoms with Gasteiger partial charge in [0.05, 0.1) is 0 Å². The molecule has 2 aliphatic rings. The summed E-state index contributed by atoms with van der Waals surface area (Å²) in [5.41, 5.74) is 0. The van der Waals surface area contributed by atoms with E-state index in [9.17, 15) is 4.79 Å². The van der Waals surface area contributed by atoms with Gasteiger partial charge >= 0.3 is 0 Å². The van der Waals surface area contributed by atoms with Crippen LogP contribution in [0.5, 0.6) is 0 Å². The molecule has 4 heteroatoms. The van der Waals surface area contributed by atoms with Crippen molar-refractivity contribution in [2.75, 3.05) is 26.4 Å². The van der Waals surface area contributed by atoms with Crippen LogP contribution >= 0.6 is 11.8 Å². The van der Waals surface area contributed by atoms with Crippen LogP contribution in [0, 0.1) is 0 Å². The van der Waals surface area contributed by atoms with Gasteiger partial charge in [0, 0.05) is 25.2 Å².